The van der Waals surface area contributed by atoms with Gasteiger partial charge < -0.3 is 4.74 Å². The molecule has 4 rings (SSSR count). The van der Waals surface area contributed by atoms with Crippen LogP contribution in [-0.4, -0.2) is 17.1 Å². The molecule has 110 valence electrons. The van der Waals surface area contributed by atoms with E-state index < -0.39 is 0 Å². The molecule has 0 unspecified atom stereocenters. The van der Waals surface area contributed by atoms with Crippen LogP contribution in [0.2, 0.25) is 0 Å². The van der Waals surface area contributed by atoms with E-state index in [0.717, 1.165) is 16.6 Å². The molecule has 1 fully saturated rings. The van der Waals surface area contributed by atoms with E-state index in [0.29, 0.717) is 0 Å². The van der Waals surface area contributed by atoms with Gasteiger partial charge >= 0.3 is 6.09 Å². The average molecular weight is 356 g/mol. The molecule has 0 aromatic heterocycles. The number of rotatable bonds is 2. The summed E-state index contributed by atoms with van der Waals surface area (Å²) in [6.07, 6.45) is 2.35. The summed E-state index contributed by atoms with van der Waals surface area (Å²) < 4.78 is 6.28. The quantitative estimate of drug-likeness (QED) is 0.742. The molecule has 2 atom stereocenters. The molecular weight excluding hydrogens is 342 g/mol. The van der Waals surface area contributed by atoms with Crippen LogP contribution in [0.1, 0.15) is 22.7 Å². The first-order valence-electron chi connectivity index (χ1n) is 7.24. The summed E-state index contributed by atoms with van der Waals surface area (Å²) in [5, 5.41) is 0. The van der Waals surface area contributed by atoms with Crippen molar-refractivity contribution < 1.29 is 9.53 Å². The lowest BCUT2D eigenvalue weighted by atomic mass is 10.1. The molecule has 22 heavy (non-hydrogen) atoms. The molecule has 0 saturated carbocycles. The van der Waals surface area contributed by atoms with Gasteiger partial charge in [-0.2, -0.15) is 0 Å². The van der Waals surface area contributed by atoms with Crippen LogP contribution in [0.25, 0.3) is 6.08 Å². The van der Waals surface area contributed by atoms with E-state index in [-0.39, 0.29) is 18.2 Å². The number of fused-ring (bicyclic) bond motifs is 3. The minimum Gasteiger partial charge on any atom is -0.443 e. The van der Waals surface area contributed by atoms with Gasteiger partial charge in [0, 0.05) is 6.42 Å². The van der Waals surface area contributed by atoms with Crippen molar-refractivity contribution in [2.45, 2.75) is 18.6 Å². The van der Waals surface area contributed by atoms with Crippen molar-refractivity contribution in [1.29, 1.82) is 0 Å². The third-order valence-electron chi connectivity index (χ3n) is 4.19. The number of halogens is 1. The van der Waals surface area contributed by atoms with E-state index in [4.69, 9.17) is 4.74 Å². The van der Waals surface area contributed by atoms with E-state index in [1.807, 2.05) is 48.5 Å². The Morgan fingerprint density at radius 3 is 2.68 bits per heavy atom. The van der Waals surface area contributed by atoms with Gasteiger partial charge in [0.15, 0.2) is 0 Å². The molecule has 0 bridgehead atoms. The number of nitrogens with zero attached hydrogens (tertiary/aromatic N) is 1. The lowest BCUT2D eigenvalue weighted by Crippen LogP contribution is -2.24. The molecule has 2 aromatic rings. The predicted octanol–water partition coefficient (Wildman–Crippen LogP) is 4.50. The fourth-order valence-corrected chi connectivity index (χ4v) is 3.85. The molecule has 1 aliphatic heterocycles. The fourth-order valence-electron chi connectivity index (χ4n) is 3.22. The van der Waals surface area contributed by atoms with Gasteiger partial charge in [-0.1, -0.05) is 54.6 Å². The van der Waals surface area contributed by atoms with Crippen LogP contribution in [0.3, 0.4) is 0 Å². The summed E-state index contributed by atoms with van der Waals surface area (Å²) in [6.45, 7) is 0. The molecule has 4 heteroatoms. The Morgan fingerprint density at radius 2 is 1.86 bits per heavy atom. The monoisotopic (exact) mass is 355 g/mol. The number of carbonyl (C=O) groups excluding carboxylic acids is 1. The number of ether oxygens (including phenoxy) is 1. The summed E-state index contributed by atoms with van der Waals surface area (Å²) in [4.78, 5) is 14.0. The summed E-state index contributed by atoms with van der Waals surface area (Å²) in [7, 11) is 0. The fraction of sp³-hybridized carbons (Fsp3) is 0.167. The molecule has 1 saturated heterocycles. The first kappa shape index (κ1) is 13.6. The van der Waals surface area contributed by atoms with Gasteiger partial charge in [0.25, 0.3) is 0 Å². The number of amides is 1. The summed E-state index contributed by atoms with van der Waals surface area (Å²) in [6, 6.07) is 18.1. The van der Waals surface area contributed by atoms with Gasteiger partial charge in [-0.25, -0.2) is 4.79 Å². The molecular formula is C18H14BrNO2. The Labute approximate surface area is 137 Å². The molecule has 1 amide bonds. The van der Waals surface area contributed by atoms with Crippen molar-refractivity contribution in [3.63, 3.8) is 0 Å². The van der Waals surface area contributed by atoms with E-state index in [9.17, 15) is 4.79 Å². The van der Waals surface area contributed by atoms with Gasteiger partial charge in [-0.3, -0.25) is 4.90 Å². The van der Waals surface area contributed by atoms with Gasteiger partial charge in [0.2, 0.25) is 0 Å². The topological polar surface area (TPSA) is 29.5 Å². The average Bonchev–Trinajstić information content (AvgIpc) is 3.02. The first-order chi connectivity index (χ1) is 10.7. The Hall–Kier alpha value is -2.07. The zero-order valence-corrected chi connectivity index (χ0v) is 13.4. The molecule has 3 nitrogen and oxygen atoms in total. The van der Waals surface area contributed by atoms with Crippen LogP contribution < -0.4 is 0 Å². The standard InChI is InChI=1S/C18H14BrNO2/c19-16(10-12-6-2-1-3-7-12)20-17-14-9-5-4-8-13(14)11-15(17)22-18(20)21/h1-10,15,17H,11H2/b16-10+/t15-,17+/m1/s1. The van der Waals surface area contributed by atoms with Gasteiger partial charge in [0.1, 0.15) is 12.1 Å². The molecule has 0 spiro atoms. The van der Waals surface area contributed by atoms with E-state index >= 15 is 0 Å². The maximum atomic E-state index is 12.3. The normalized spacial score (nSPS) is 23.2. The van der Waals surface area contributed by atoms with Crippen molar-refractivity contribution >= 4 is 28.1 Å². The Bertz CT molecular complexity index is 757. The van der Waals surface area contributed by atoms with E-state index in [2.05, 4.69) is 28.1 Å². The largest absolute Gasteiger partial charge is 0.443 e. The molecule has 2 aliphatic rings. The van der Waals surface area contributed by atoms with Gasteiger partial charge in [-0.05, 0) is 38.7 Å². The van der Waals surface area contributed by atoms with E-state index in [1.54, 1.807) is 4.90 Å². The van der Waals surface area contributed by atoms with Gasteiger partial charge in [-0.15, -0.1) is 0 Å². The molecule has 1 heterocycles. The third-order valence-corrected chi connectivity index (χ3v) is 4.80. The van der Waals surface area contributed by atoms with Crippen LogP contribution in [0.5, 0.6) is 0 Å². The van der Waals surface area contributed by atoms with Crippen LogP contribution in [0.15, 0.2) is 59.2 Å². The first-order valence-corrected chi connectivity index (χ1v) is 8.03. The highest BCUT2D eigenvalue weighted by molar-refractivity contribution is 9.11. The smallest absolute Gasteiger partial charge is 0.415 e. The number of hydrogen-bond donors (Lipinski definition) is 0. The molecule has 2 aromatic carbocycles. The van der Waals surface area contributed by atoms with Crippen molar-refractivity contribution in [2.75, 3.05) is 0 Å². The predicted molar refractivity (Wildman–Crippen MR) is 88.3 cm³/mol. The number of hydrogen-bond acceptors (Lipinski definition) is 2. The van der Waals surface area contributed by atoms with Crippen molar-refractivity contribution in [1.82, 2.24) is 4.90 Å². The third kappa shape index (κ3) is 2.15. The Balaban J connectivity index is 1.72. The van der Waals surface area contributed by atoms with E-state index in [1.165, 1.54) is 11.1 Å². The highest BCUT2D eigenvalue weighted by Crippen LogP contribution is 2.45. The van der Waals surface area contributed by atoms with Crippen LogP contribution in [-0.2, 0) is 11.2 Å². The van der Waals surface area contributed by atoms with Crippen LogP contribution in [0.4, 0.5) is 4.79 Å². The zero-order valence-electron chi connectivity index (χ0n) is 11.8. The highest BCUT2D eigenvalue weighted by Gasteiger charge is 2.48. The van der Waals surface area contributed by atoms with Crippen molar-refractivity contribution in [3.05, 3.63) is 75.9 Å². The van der Waals surface area contributed by atoms with Crippen molar-refractivity contribution in [2.24, 2.45) is 0 Å². The second kappa shape index (κ2) is 5.29. The lowest BCUT2D eigenvalue weighted by Gasteiger charge is -2.21. The Kier molecular flexibility index (Phi) is 3.26. The number of carbonyl (C=O) groups is 1. The highest BCUT2D eigenvalue weighted by atomic mass is 79.9. The molecule has 0 N–H and O–H groups in total. The maximum Gasteiger partial charge on any atom is 0.415 e. The molecule has 0 radical (unpaired) electrons. The Morgan fingerprint density at radius 1 is 1.14 bits per heavy atom. The van der Waals surface area contributed by atoms with Crippen LogP contribution in [0, 0.1) is 0 Å². The maximum absolute atomic E-state index is 12.3. The van der Waals surface area contributed by atoms with Gasteiger partial charge in [0.05, 0.1) is 4.61 Å². The zero-order chi connectivity index (χ0) is 15.1. The minimum absolute atomic E-state index is 0.0435. The second-order valence-electron chi connectivity index (χ2n) is 5.52. The van der Waals surface area contributed by atoms with Crippen LogP contribution >= 0.6 is 15.9 Å². The number of benzene rings is 2. The summed E-state index contributed by atoms with van der Waals surface area (Å²) in [5.74, 6) is 0. The minimum atomic E-state index is -0.288. The molecule has 1 aliphatic carbocycles. The summed E-state index contributed by atoms with van der Waals surface area (Å²) >= 11 is 3.56. The second-order valence-corrected chi connectivity index (χ2v) is 6.33. The lowest BCUT2D eigenvalue weighted by molar-refractivity contribution is 0.134. The van der Waals surface area contributed by atoms with Crippen molar-refractivity contribution in [3.8, 4) is 0 Å². The SMILES string of the molecule is O=C1O[C@@H]2Cc3ccccc3[C@@H]2N1/C(Br)=C/c1ccccc1. The summed E-state index contributed by atoms with van der Waals surface area (Å²) in [5.41, 5.74) is 3.48.